The Hall–Kier alpha value is -2.98. The van der Waals surface area contributed by atoms with E-state index < -0.39 is 18.1 Å². The standard InChI is InChI=1S/C31H50N6O4/c1-6-8-12-21(7-2)28(36-29(38)20(3)33-4)31(40)37-18-23(34-27(32)19-41-5)17-26(37)30(39)35-25-16-11-14-22-13-9-10-15-24(22)25/h9-10,13,15,20-21,23,25-26,28,33H,6-8,11-12,14,16-19H2,1-5H3,(H2,32,34)(H,35,39)(H,36,38)/t20-,21?,23-,25+,26-,28-/m0/s1. The molecule has 1 heterocycles. The average molecular weight is 571 g/mol. The first kappa shape index (κ1) is 32.5. The van der Waals surface area contributed by atoms with E-state index in [-0.39, 0.29) is 48.9 Å². The van der Waals surface area contributed by atoms with Crippen molar-refractivity contribution in [3.05, 3.63) is 35.4 Å². The lowest BCUT2D eigenvalue weighted by molar-refractivity contribution is -0.143. The molecule has 10 heteroatoms. The molecule has 1 saturated heterocycles. The predicted molar refractivity (Wildman–Crippen MR) is 161 cm³/mol. The van der Waals surface area contributed by atoms with Crippen molar-refractivity contribution in [3.63, 3.8) is 0 Å². The third-order valence-electron chi connectivity index (χ3n) is 8.51. The summed E-state index contributed by atoms with van der Waals surface area (Å²) >= 11 is 0. The normalized spacial score (nSPS) is 22.9. The molecule has 0 bridgehead atoms. The first-order valence-corrected chi connectivity index (χ1v) is 15.2. The highest BCUT2D eigenvalue weighted by Crippen LogP contribution is 2.31. The Labute approximate surface area is 245 Å². The third-order valence-corrected chi connectivity index (χ3v) is 8.51. The summed E-state index contributed by atoms with van der Waals surface area (Å²) in [7, 11) is 3.26. The molecule has 0 saturated carbocycles. The minimum Gasteiger partial charge on any atom is -0.386 e. The van der Waals surface area contributed by atoms with E-state index in [9.17, 15) is 14.4 Å². The van der Waals surface area contributed by atoms with Crippen LogP contribution in [0.2, 0.25) is 0 Å². The fraction of sp³-hybridized carbons (Fsp3) is 0.677. The molecule has 0 spiro atoms. The van der Waals surface area contributed by atoms with E-state index in [2.05, 4.69) is 40.0 Å². The minimum atomic E-state index is -0.736. The van der Waals surface area contributed by atoms with Crippen molar-refractivity contribution in [2.75, 3.05) is 27.3 Å². The van der Waals surface area contributed by atoms with Crippen LogP contribution in [0.25, 0.3) is 0 Å². The third kappa shape index (κ3) is 8.52. The van der Waals surface area contributed by atoms with E-state index in [0.29, 0.717) is 12.3 Å². The van der Waals surface area contributed by atoms with Gasteiger partial charge in [0, 0.05) is 20.1 Å². The van der Waals surface area contributed by atoms with Crippen molar-refractivity contribution in [2.24, 2.45) is 16.6 Å². The van der Waals surface area contributed by atoms with Crippen molar-refractivity contribution < 1.29 is 19.1 Å². The Morgan fingerprint density at radius 1 is 1.22 bits per heavy atom. The number of nitrogens with one attached hydrogen (secondary N) is 3. The number of ether oxygens (including phenoxy) is 1. The average Bonchev–Trinajstić information content (AvgIpc) is 3.40. The van der Waals surface area contributed by atoms with Crippen LogP contribution in [0.1, 0.15) is 82.9 Å². The van der Waals surface area contributed by atoms with Crippen LogP contribution in [0.15, 0.2) is 29.3 Å². The number of benzene rings is 1. The first-order valence-electron chi connectivity index (χ1n) is 15.2. The van der Waals surface area contributed by atoms with Crippen LogP contribution < -0.4 is 21.7 Å². The summed E-state index contributed by atoms with van der Waals surface area (Å²) in [4.78, 5) is 47.4. The maximum Gasteiger partial charge on any atom is 0.246 e. The number of amidine groups is 1. The Morgan fingerprint density at radius 2 is 1.98 bits per heavy atom. The van der Waals surface area contributed by atoms with Crippen molar-refractivity contribution in [1.82, 2.24) is 20.9 Å². The number of likely N-dealkylation sites (N-methyl/N-ethyl adjacent to an activating group) is 1. The topological polar surface area (TPSA) is 138 Å². The Balaban J connectivity index is 1.91. The molecule has 10 nitrogen and oxygen atoms in total. The molecule has 1 unspecified atom stereocenters. The second kappa shape index (κ2) is 15.9. The molecule has 1 aromatic rings. The number of hydrogen-bond donors (Lipinski definition) is 4. The Morgan fingerprint density at radius 3 is 2.66 bits per heavy atom. The monoisotopic (exact) mass is 570 g/mol. The quantitative estimate of drug-likeness (QED) is 0.200. The summed E-state index contributed by atoms with van der Waals surface area (Å²) < 4.78 is 5.13. The summed E-state index contributed by atoms with van der Waals surface area (Å²) in [6.45, 7) is 6.35. The molecule has 3 rings (SSSR count). The molecular weight excluding hydrogens is 520 g/mol. The van der Waals surface area contributed by atoms with Gasteiger partial charge in [0.15, 0.2) is 0 Å². The van der Waals surface area contributed by atoms with Gasteiger partial charge in [-0.2, -0.15) is 0 Å². The Bertz CT molecular complexity index is 1060. The number of carbonyl (C=O) groups excluding carboxylic acids is 3. The van der Waals surface area contributed by atoms with Gasteiger partial charge in [0.1, 0.15) is 24.5 Å². The van der Waals surface area contributed by atoms with Crippen LogP contribution in [-0.2, 0) is 25.5 Å². The lowest BCUT2D eigenvalue weighted by Gasteiger charge is -2.34. The van der Waals surface area contributed by atoms with Gasteiger partial charge in [-0.15, -0.1) is 0 Å². The summed E-state index contributed by atoms with van der Waals surface area (Å²) in [5.41, 5.74) is 8.45. The molecule has 2 aliphatic rings. The first-order chi connectivity index (χ1) is 19.7. The lowest BCUT2D eigenvalue weighted by Crippen LogP contribution is -2.58. The summed E-state index contributed by atoms with van der Waals surface area (Å²) in [5, 5.41) is 9.24. The number of fused-ring (bicyclic) bond motifs is 1. The highest BCUT2D eigenvalue weighted by Gasteiger charge is 2.44. The second-order valence-corrected chi connectivity index (χ2v) is 11.4. The number of rotatable bonds is 14. The molecule has 6 atom stereocenters. The fourth-order valence-electron chi connectivity index (χ4n) is 6.03. The van der Waals surface area contributed by atoms with Crippen molar-refractivity contribution in [2.45, 2.75) is 102 Å². The SMILES string of the molecule is CCCCC(CC)[C@H](NC(=O)[C@H](C)NC)C(=O)N1C[C@@H](N=C(N)COC)C[C@H]1C(=O)N[C@@H]1CCCc2ccccc21. The molecule has 41 heavy (non-hydrogen) atoms. The smallest absolute Gasteiger partial charge is 0.246 e. The zero-order valence-corrected chi connectivity index (χ0v) is 25.4. The number of aliphatic imine (C=N–C) groups is 1. The van der Waals surface area contributed by atoms with Gasteiger partial charge in [-0.3, -0.25) is 19.4 Å². The molecule has 228 valence electrons. The van der Waals surface area contributed by atoms with Crippen molar-refractivity contribution >= 4 is 23.6 Å². The van der Waals surface area contributed by atoms with Gasteiger partial charge in [0.05, 0.1) is 18.1 Å². The van der Waals surface area contributed by atoms with Gasteiger partial charge in [-0.25, -0.2) is 0 Å². The van der Waals surface area contributed by atoms with E-state index in [0.717, 1.165) is 50.5 Å². The summed E-state index contributed by atoms with van der Waals surface area (Å²) in [5.74, 6) is -0.395. The van der Waals surface area contributed by atoms with Crippen molar-refractivity contribution in [1.29, 1.82) is 0 Å². The maximum atomic E-state index is 14.3. The molecule has 1 aliphatic carbocycles. The highest BCUT2D eigenvalue weighted by atomic mass is 16.5. The van der Waals surface area contributed by atoms with Gasteiger partial charge in [0.25, 0.3) is 0 Å². The van der Waals surface area contributed by atoms with E-state index in [1.54, 1.807) is 26.0 Å². The van der Waals surface area contributed by atoms with Crippen LogP contribution in [0.5, 0.6) is 0 Å². The van der Waals surface area contributed by atoms with E-state index in [1.807, 2.05) is 19.1 Å². The van der Waals surface area contributed by atoms with Gasteiger partial charge in [-0.05, 0) is 56.7 Å². The maximum absolute atomic E-state index is 14.3. The molecular formula is C31H50N6O4. The number of unbranched alkanes of at least 4 members (excludes halogenated alkanes) is 1. The predicted octanol–water partition coefficient (Wildman–Crippen LogP) is 2.46. The van der Waals surface area contributed by atoms with Gasteiger partial charge >= 0.3 is 0 Å². The number of aryl methyl sites for hydroxylation is 1. The van der Waals surface area contributed by atoms with Crippen LogP contribution in [0.3, 0.4) is 0 Å². The van der Waals surface area contributed by atoms with Crippen LogP contribution >= 0.6 is 0 Å². The van der Waals surface area contributed by atoms with Crippen LogP contribution in [0, 0.1) is 5.92 Å². The van der Waals surface area contributed by atoms with Gasteiger partial charge in [0.2, 0.25) is 17.7 Å². The number of likely N-dealkylation sites (tertiary alicyclic amines) is 1. The van der Waals surface area contributed by atoms with Crippen molar-refractivity contribution in [3.8, 4) is 0 Å². The van der Waals surface area contributed by atoms with Gasteiger partial charge < -0.3 is 31.3 Å². The number of carbonyl (C=O) groups is 3. The summed E-state index contributed by atoms with van der Waals surface area (Å²) in [6.07, 6.45) is 6.67. The number of hydrogen-bond acceptors (Lipinski definition) is 6. The Kier molecular flexibility index (Phi) is 12.6. The molecule has 1 aliphatic heterocycles. The zero-order chi connectivity index (χ0) is 29.9. The number of nitrogens with zero attached hydrogens (tertiary/aromatic N) is 2. The van der Waals surface area contributed by atoms with E-state index in [4.69, 9.17) is 10.5 Å². The van der Waals surface area contributed by atoms with Crippen LogP contribution in [-0.4, -0.2) is 79.9 Å². The number of methoxy groups -OCH3 is 1. The molecule has 1 fully saturated rings. The molecule has 5 N–H and O–H groups in total. The zero-order valence-electron chi connectivity index (χ0n) is 25.4. The minimum absolute atomic E-state index is 0.0505. The summed E-state index contributed by atoms with van der Waals surface area (Å²) in [6, 6.07) is 5.86. The number of amides is 3. The molecule has 0 aromatic heterocycles. The molecule has 0 radical (unpaired) electrons. The lowest BCUT2D eigenvalue weighted by atomic mass is 9.87. The fourth-order valence-corrected chi connectivity index (χ4v) is 6.03. The van der Waals surface area contributed by atoms with E-state index in [1.165, 1.54) is 5.56 Å². The molecule has 1 aromatic carbocycles. The van der Waals surface area contributed by atoms with Crippen LogP contribution in [0.4, 0.5) is 0 Å². The number of nitrogens with two attached hydrogens (primary N) is 1. The second-order valence-electron chi connectivity index (χ2n) is 11.4. The van der Waals surface area contributed by atoms with E-state index >= 15 is 0 Å². The largest absolute Gasteiger partial charge is 0.386 e. The van der Waals surface area contributed by atoms with Gasteiger partial charge in [-0.1, -0.05) is 57.4 Å². The molecule has 3 amide bonds. The highest BCUT2D eigenvalue weighted by molar-refractivity contribution is 5.94.